The predicted molar refractivity (Wildman–Crippen MR) is 129 cm³/mol. The molecule has 1 aliphatic carbocycles. The number of anilines is 1. The molecule has 2 aliphatic rings. The highest BCUT2D eigenvalue weighted by Gasteiger charge is 2.37. The average Bonchev–Trinajstić information content (AvgIpc) is 3.25. The number of nitrogens with one attached hydrogen (secondary N) is 1. The number of aromatic carboxylic acids is 1. The van der Waals surface area contributed by atoms with E-state index in [1.807, 2.05) is 19.0 Å². The van der Waals surface area contributed by atoms with Gasteiger partial charge in [-0.2, -0.15) is 5.10 Å². The Bertz CT molecular complexity index is 1260. The van der Waals surface area contributed by atoms with Crippen LogP contribution in [0.4, 0.5) is 10.7 Å². The van der Waals surface area contributed by atoms with Crippen molar-refractivity contribution in [2.45, 2.75) is 43.9 Å². The van der Waals surface area contributed by atoms with Crippen LogP contribution in [0.15, 0.2) is 12.4 Å². The molecule has 1 saturated heterocycles. The van der Waals surface area contributed by atoms with Crippen LogP contribution in [-0.4, -0.2) is 81.5 Å². The minimum absolute atomic E-state index is 0.0106. The molecule has 0 spiro atoms. The van der Waals surface area contributed by atoms with Crippen LogP contribution in [0.2, 0.25) is 0 Å². The molecule has 35 heavy (non-hydrogen) atoms. The van der Waals surface area contributed by atoms with Crippen LogP contribution in [0.1, 0.15) is 65.7 Å². The van der Waals surface area contributed by atoms with Crippen LogP contribution in [-0.2, 0) is 4.74 Å². The number of likely N-dealkylation sites (tertiary alicyclic amines) is 1. The third kappa shape index (κ3) is 4.04. The molecule has 4 heterocycles. The molecule has 184 valence electrons. The van der Waals surface area contributed by atoms with Crippen molar-refractivity contribution in [3.63, 3.8) is 0 Å². The Morgan fingerprint density at radius 3 is 2.40 bits per heavy atom. The summed E-state index contributed by atoms with van der Waals surface area (Å²) in [6.07, 6.45) is 8.17. The fourth-order valence-electron chi connectivity index (χ4n) is 5.26. The number of amides is 1. The van der Waals surface area contributed by atoms with E-state index in [-0.39, 0.29) is 23.6 Å². The van der Waals surface area contributed by atoms with E-state index in [9.17, 15) is 14.7 Å². The number of carboxylic acid groups (broad SMARTS) is 1. The fourth-order valence-corrected chi connectivity index (χ4v) is 5.26. The normalized spacial score (nSPS) is 16.8. The van der Waals surface area contributed by atoms with Gasteiger partial charge in [-0.15, -0.1) is 0 Å². The van der Waals surface area contributed by atoms with Crippen LogP contribution < -0.4 is 4.90 Å². The molecule has 1 aliphatic heterocycles. The van der Waals surface area contributed by atoms with Crippen molar-refractivity contribution in [2.24, 2.45) is 0 Å². The SMILES string of the molecule is COC(=O)N1CC(c2[nH]nc3nc(C(=O)O)c(C4CCCCC4)c(-c4cnc(N(C)C)nc4)c23)C1. The highest BCUT2D eigenvalue weighted by Crippen LogP contribution is 2.45. The molecule has 2 N–H and O–H groups in total. The van der Waals surface area contributed by atoms with Crippen molar-refractivity contribution in [3.05, 3.63) is 29.3 Å². The number of carboxylic acids is 1. The minimum Gasteiger partial charge on any atom is -0.477 e. The van der Waals surface area contributed by atoms with E-state index >= 15 is 0 Å². The van der Waals surface area contributed by atoms with Gasteiger partial charge in [0.15, 0.2) is 11.3 Å². The maximum absolute atomic E-state index is 12.4. The van der Waals surface area contributed by atoms with Gasteiger partial charge in [-0.3, -0.25) is 5.10 Å². The lowest BCUT2D eigenvalue weighted by Gasteiger charge is -2.37. The summed E-state index contributed by atoms with van der Waals surface area (Å²) in [4.78, 5) is 41.3. The first-order valence-corrected chi connectivity index (χ1v) is 11.9. The molecule has 1 amide bonds. The molecule has 3 aromatic rings. The Balaban J connectivity index is 1.72. The lowest BCUT2D eigenvalue weighted by Crippen LogP contribution is -2.48. The molecule has 11 heteroatoms. The maximum atomic E-state index is 12.4. The van der Waals surface area contributed by atoms with Gasteiger partial charge < -0.3 is 19.6 Å². The van der Waals surface area contributed by atoms with E-state index in [1.165, 1.54) is 7.11 Å². The Kier molecular flexibility index (Phi) is 6.00. The third-order valence-electron chi connectivity index (χ3n) is 7.03. The number of carbonyl (C=O) groups is 2. The van der Waals surface area contributed by atoms with Gasteiger partial charge in [0.05, 0.1) is 18.2 Å². The summed E-state index contributed by atoms with van der Waals surface area (Å²) < 4.78 is 4.83. The van der Waals surface area contributed by atoms with Crippen molar-refractivity contribution in [1.82, 2.24) is 30.0 Å². The number of methoxy groups -OCH3 is 1. The lowest BCUT2D eigenvalue weighted by molar-refractivity contribution is 0.0688. The number of aromatic amines is 1. The monoisotopic (exact) mass is 479 g/mol. The quantitative estimate of drug-likeness (QED) is 0.564. The highest BCUT2D eigenvalue weighted by molar-refractivity contribution is 6.02. The van der Waals surface area contributed by atoms with E-state index in [1.54, 1.807) is 17.3 Å². The summed E-state index contributed by atoms with van der Waals surface area (Å²) in [6, 6.07) is 0. The van der Waals surface area contributed by atoms with Gasteiger partial charge in [0.1, 0.15) is 0 Å². The van der Waals surface area contributed by atoms with Gasteiger partial charge >= 0.3 is 12.1 Å². The largest absolute Gasteiger partial charge is 0.477 e. The fraction of sp³-hybridized carbons (Fsp3) is 0.500. The third-order valence-corrected chi connectivity index (χ3v) is 7.03. The standard InChI is InChI=1S/C24H29N7O4/c1-30(2)23-25-9-14(10-26-23)16-17(13-7-5-4-6-8-13)20(22(32)33)27-21-18(16)19(28-29-21)15-11-31(12-15)24(34)35-3/h9-10,13,15H,4-8,11-12H2,1-3H3,(H,32,33)(H,27,28,29). The molecule has 0 atom stereocenters. The Morgan fingerprint density at radius 1 is 1.11 bits per heavy atom. The van der Waals surface area contributed by atoms with Crippen LogP contribution in [0.25, 0.3) is 22.2 Å². The summed E-state index contributed by atoms with van der Waals surface area (Å²) >= 11 is 0. The number of aromatic nitrogens is 5. The zero-order valence-electron chi connectivity index (χ0n) is 20.1. The predicted octanol–water partition coefficient (Wildman–Crippen LogP) is 3.39. The topological polar surface area (TPSA) is 137 Å². The first-order valence-electron chi connectivity index (χ1n) is 11.9. The Labute approximate surface area is 202 Å². The summed E-state index contributed by atoms with van der Waals surface area (Å²) in [5.41, 5.74) is 3.48. The summed E-state index contributed by atoms with van der Waals surface area (Å²) in [6.45, 7) is 0.970. The number of rotatable bonds is 5. The van der Waals surface area contributed by atoms with Gasteiger partial charge in [-0.1, -0.05) is 19.3 Å². The second-order valence-electron chi connectivity index (χ2n) is 9.46. The van der Waals surface area contributed by atoms with Crippen LogP contribution in [0.3, 0.4) is 0 Å². The van der Waals surface area contributed by atoms with Gasteiger partial charge in [-0.25, -0.2) is 24.5 Å². The molecule has 5 rings (SSSR count). The molecule has 0 radical (unpaired) electrons. The van der Waals surface area contributed by atoms with Crippen molar-refractivity contribution in [2.75, 3.05) is 39.2 Å². The van der Waals surface area contributed by atoms with Crippen molar-refractivity contribution >= 4 is 29.0 Å². The molecular formula is C24H29N7O4. The van der Waals surface area contributed by atoms with Crippen molar-refractivity contribution in [1.29, 1.82) is 0 Å². The van der Waals surface area contributed by atoms with Crippen molar-refractivity contribution < 1.29 is 19.4 Å². The molecular weight excluding hydrogens is 450 g/mol. The number of nitrogens with zero attached hydrogens (tertiary/aromatic N) is 6. The van der Waals surface area contributed by atoms with Crippen molar-refractivity contribution in [3.8, 4) is 11.1 Å². The second kappa shape index (κ2) is 9.12. The average molecular weight is 480 g/mol. The smallest absolute Gasteiger partial charge is 0.409 e. The van der Waals surface area contributed by atoms with Crippen LogP contribution in [0.5, 0.6) is 0 Å². The molecule has 1 saturated carbocycles. The van der Waals surface area contributed by atoms with E-state index in [4.69, 9.17) is 4.74 Å². The zero-order valence-corrected chi connectivity index (χ0v) is 20.1. The maximum Gasteiger partial charge on any atom is 0.409 e. The van der Waals surface area contributed by atoms with Gasteiger partial charge in [0.2, 0.25) is 5.95 Å². The number of ether oxygens (including phenoxy) is 1. The van der Waals surface area contributed by atoms with Gasteiger partial charge in [0.25, 0.3) is 0 Å². The van der Waals surface area contributed by atoms with E-state index in [2.05, 4.69) is 25.1 Å². The number of fused-ring (bicyclic) bond motifs is 1. The number of pyridine rings is 1. The molecule has 0 unspecified atom stereocenters. The van der Waals surface area contributed by atoms with E-state index in [0.717, 1.165) is 59.9 Å². The Morgan fingerprint density at radius 2 is 1.80 bits per heavy atom. The Hall–Kier alpha value is -3.76. The molecule has 0 aromatic carbocycles. The first kappa shape index (κ1) is 23.0. The number of H-pyrrole nitrogens is 1. The summed E-state index contributed by atoms with van der Waals surface area (Å²) in [7, 11) is 5.10. The molecule has 11 nitrogen and oxygen atoms in total. The highest BCUT2D eigenvalue weighted by atomic mass is 16.5. The van der Waals surface area contributed by atoms with Crippen LogP contribution in [0, 0.1) is 0 Å². The van der Waals surface area contributed by atoms with Gasteiger partial charge in [0, 0.05) is 56.6 Å². The van der Waals surface area contributed by atoms with Gasteiger partial charge in [-0.05, 0) is 24.3 Å². The number of hydrogen-bond donors (Lipinski definition) is 2. The number of hydrogen-bond acceptors (Lipinski definition) is 8. The second-order valence-corrected chi connectivity index (χ2v) is 9.46. The summed E-state index contributed by atoms with van der Waals surface area (Å²) in [5, 5.41) is 18.4. The first-order chi connectivity index (χ1) is 16.9. The molecule has 0 bridgehead atoms. The minimum atomic E-state index is -1.07. The number of carbonyl (C=O) groups excluding carboxylic acids is 1. The molecule has 2 fully saturated rings. The lowest BCUT2D eigenvalue weighted by atomic mass is 9.78. The van der Waals surface area contributed by atoms with E-state index < -0.39 is 5.97 Å². The zero-order chi connectivity index (χ0) is 24.7. The molecule has 3 aromatic heterocycles. The van der Waals surface area contributed by atoms with Crippen LogP contribution >= 0.6 is 0 Å². The van der Waals surface area contributed by atoms with E-state index in [0.29, 0.717) is 24.7 Å². The summed E-state index contributed by atoms with van der Waals surface area (Å²) in [5.74, 6) is -0.413.